The Morgan fingerprint density at radius 3 is 2.33 bits per heavy atom. The molecule has 0 saturated heterocycles. The first-order valence-electron chi connectivity index (χ1n) is 10.1. The summed E-state index contributed by atoms with van der Waals surface area (Å²) in [5.74, 6) is -8.03. The number of phenols is 1. The molecule has 1 unspecified atom stereocenters. The molecule has 0 bridgehead atoms. The van der Waals surface area contributed by atoms with E-state index in [2.05, 4.69) is 15.9 Å². The summed E-state index contributed by atoms with van der Waals surface area (Å²) in [5, 5.41) is 55.3. The summed E-state index contributed by atoms with van der Waals surface area (Å²) in [4.78, 5) is 40.1. The van der Waals surface area contributed by atoms with Crippen molar-refractivity contribution in [1.82, 2.24) is 4.90 Å². The highest BCUT2D eigenvalue weighted by molar-refractivity contribution is 9.10. The lowest BCUT2D eigenvalue weighted by Gasteiger charge is -2.53. The maximum absolute atomic E-state index is 13.7. The lowest BCUT2D eigenvalue weighted by Crippen LogP contribution is -2.67. The van der Waals surface area contributed by atoms with Crippen molar-refractivity contribution < 1.29 is 39.9 Å². The van der Waals surface area contributed by atoms with Crippen LogP contribution in [0.2, 0.25) is 0 Å². The maximum Gasteiger partial charge on any atom is 0.255 e. The van der Waals surface area contributed by atoms with Crippen LogP contribution in [0.3, 0.4) is 0 Å². The fourth-order valence-corrected chi connectivity index (χ4v) is 6.31. The summed E-state index contributed by atoms with van der Waals surface area (Å²) in [7, 11) is 3.00. The van der Waals surface area contributed by atoms with Crippen LogP contribution in [0.25, 0.3) is 5.76 Å². The molecule has 0 radical (unpaired) electrons. The van der Waals surface area contributed by atoms with Gasteiger partial charge in [-0.1, -0.05) is 15.9 Å². The number of phenolic OH excluding ortho intramolecular Hbond substituents is 1. The second-order valence-electron chi connectivity index (χ2n) is 9.08. The number of fused-ring (bicyclic) bond motifs is 3. The lowest BCUT2D eigenvalue weighted by atomic mass is 9.54. The minimum atomic E-state index is -2.76. The van der Waals surface area contributed by atoms with E-state index in [-0.39, 0.29) is 17.5 Å². The summed E-state index contributed by atoms with van der Waals surface area (Å²) in [6, 6.07) is 1.50. The largest absolute Gasteiger partial charge is 0.508 e. The van der Waals surface area contributed by atoms with E-state index in [0.717, 1.165) is 0 Å². The van der Waals surface area contributed by atoms with Gasteiger partial charge in [0.25, 0.3) is 5.91 Å². The Balaban J connectivity index is 2.07. The fourth-order valence-electron chi connectivity index (χ4n) is 5.58. The third-order valence-electron chi connectivity index (χ3n) is 7.07. The standard InChI is InChI=1S/C22H23BrN2O8/c1-21(32)7-6-8-15(25(2)3)17(28)13(20(24)31)19(30)22(8,33)18(29)11(7)16(27)12-10(26)5-4-9(23)14(12)21/h4-5,7-8,15,26-27,30,32-33H,6H2,1-3H3,(H2,24,31)/t7?,8-,15-,21-,22-/m0/s1. The van der Waals surface area contributed by atoms with E-state index in [4.69, 9.17) is 5.73 Å². The number of benzene rings is 1. The molecule has 1 aromatic rings. The number of aromatic hydroxyl groups is 1. The van der Waals surface area contributed by atoms with Gasteiger partial charge in [-0.3, -0.25) is 19.3 Å². The fraction of sp³-hybridized carbons (Fsp3) is 0.409. The molecule has 7 N–H and O–H groups in total. The summed E-state index contributed by atoms with van der Waals surface area (Å²) >= 11 is 3.31. The number of nitrogens with zero attached hydrogens (tertiary/aromatic N) is 1. The van der Waals surface area contributed by atoms with E-state index < -0.39 is 75.0 Å². The number of primary amides is 1. The van der Waals surface area contributed by atoms with E-state index in [1.165, 1.54) is 38.1 Å². The molecule has 0 aliphatic heterocycles. The smallest absolute Gasteiger partial charge is 0.255 e. The molecular formula is C22H23BrN2O8. The van der Waals surface area contributed by atoms with Crippen molar-refractivity contribution in [1.29, 1.82) is 0 Å². The van der Waals surface area contributed by atoms with Crippen LogP contribution in [0.1, 0.15) is 24.5 Å². The van der Waals surface area contributed by atoms with Crippen LogP contribution in [-0.4, -0.2) is 73.6 Å². The number of aliphatic hydroxyl groups is 4. The van der Waals surface area contributed by atoms with Crippen LogP contribution in [0.4, 0.5) is 0 Å². The van der Waals surface area contributed by atoms with Crippen molar-refractivity contribution in [3.8, 4) is 5.75 Å². The lowest BCUT2D eigenvalue weighted by molar-refractivity contribution is -0.159. The molecule has 33 heavy (non-hydrogen) atoms. The monoisotopic (exact) mass is 522 g/mol. The van der Waals surface area contributed by atoms with Gasteiger partial charge in [0.05, 0.1) is 17.2 Å². The average Bonchev–Trinajstić information content (AvgIpc) is 2.69. The molecule has 3 aliphatic carbocycles. The third kappa shape index (κ3) is 2.79. The second kappa shape index (κ2) is 7.13. The Labute approximate surface area is 196 Å². The molecule has 0 heterocycles. The summed E-state index contributed by atoms with van der Waals surface area (Å²) in [6.45, 7) is 1.39. The predicted molar refractivity (Wildman–Crippen MR) is 118 cm³/mol. The van der Waals surface area contributed by atoms with Gasteiger partial charge in [-0.2, -0.15) is 0 Å². The number of aliphatic hydroxyl groups excluding tert-OH is 2. The highest BCUT2D eigenvalue weighted by Crippen LogP contribution is 2.58. The molecule has 5 atom stereocenters. The first-order valence-corrected chi connectivity index (χ1v) is 10.9. The van der Waals surface area contributed by atoms with Crippen LogP contribution in [0, 0.1) is 11.8 Å². The molecule has 1 fully saturated rings. The van der Waals surface area contributed by atoms with Gasteiger partial charge >= 0.3 is 0 Å². The molecule has 10 nitrogen and oxygen atoms in total. The first-order chi connectivity index (χ1) is 15.2. The minimum Gasteiger partial charge on any atom is -0.508 e. The minimum absolute atomic E-state index is 0.133. The number of carbonyl (C=O) groups excluding carboxylic acids is 3. The zero-order valence-corrected chi connectivity index (χ0v) is 19.5. The SMILES string of the molecule is CN(C)[C@@H]1C(=O)C(C(N)=O)=C(O)[C@@]2(O)C(=O)C3=C(O)c4c(O)ccc(Br)c4[C@@](C)(O)C3C[C@@H]12. The van der Waals surface area contributed by atoms with Crippen LogP contribution < -0.4 is 5.73 Å². The molecule has 0 aromatic heterocycles. The van der Waals surface area contributed by atoms with Crippen molar-refractivity contribution in [3.05, 3.63) is 44.6 Å². The van der Waals surface area contributed by atoms with E-state index in [1.54, 1.807) is 0 Å². The molecule has 1 amide bonds. The number of rotatable bonds is 2. The van der Waals surface area contributed by atoms with Crippen LogP contribution in [0.5, 0.6) is 5.75 Å². The third-order valence-corrected chi connectivity index (χ3v) is 7.73. The normalized spacial score (nSPS) is 33.7. The van der Waals surface area contributed by atoms with Gasteiger partial charge in [-0.15, -0.1) is 0 Å². The maximum atomic E-state index is 13.7. The Morgan fingerprint density at radius 1 is 1.18 bits per heavy atom. The number of hydrogen-bond donors (Lipinski definition) is 6. The second-order valence-corrected chi connectivity index (χ2v) is 9.93. The van der Waals surface area contributed by atoms with Crippen molar-refractivity contribution in [2.45, 2.75) is 30.6 Å². The summed E-state index contributed by atoms with van der Waals surface area (Å²) in [6.07, 6.45) is -0.221. The molecule has 176 valence electrons. The zero-order chi connectivity index (χ0) is 24.8. The predicted octanol–water partition coefficient (Wildman–Crippen LogP) is 0.392. The Hall–Kier alpha value is -2.73. The van der Waals surface area contributed by atoms with Crippen molar-refractivity contribution in [3.63, 3.8) is 0 Å². The van der Waals surface area contributed by atoms with Crippen LogP contribution in [-0.2, 0) is 20.0 Å². The Bertz CT molecular complexity index is 1200. The number of likely N-dealkylation sites (N-methyl/N-ethyl adjacent to an activating group) is 1. The average molecular weight is 523 g/mol. The van der Waals surface area contributed by atoms with E-state index in [0.29, 0.717) is 4.47 Å². The molecule has 0 spiro atoms. The van der Waals surface area contributed by atoms with Gasteiger partial charge in [0.15, 0.2) is 11.4 Å². The number of Topliss-reactive ketones (excluding diaryl/α,β-unsaturated/α-hetero) is 2. The zero-order valence-electron chi connectivity index (χ0n) is 18.0. The highest BCUT2D eigenvalue weighted by Gasteiger charge is 2.66. The topological polar surface area (TPSA) is 182 Å². The van der Waals surface area contributed by atoms with Gasteiger partial charge in [-0.05, 0) is 39.6 Å². The number of nitrogens with two attached hydrogens (primary N) is 1. The van der Waals surface area contributed by atoms with Gasteiger partial charge in [0, 0.05) is 27.4 Å². The van der Waals surface area contributed by atoms with Crippen molar-refractivity contribution in [2.24, 2.45) is 17.6 Å². The molecule has 1 aromatic carbocycles. The van der Waals surface area contributed by atoms with E-state index >= 15 is 0 Å². The molecule has 3 aliphatic rings. The number of ketones is 2. The van der Waals surface area contributed by atoms with Crippen LogP contribution in [0.15, 0.2) is 33.5 Å². The number of hydrogen-bond acceptors (Lipinski definition) is 9. The first kappa shape index (κ1) is 23.4. The van der Waals surface area contributed by atoms with Crippen molar-refractivity contribution in [2.75, 3.05) is 14.1 Å². The van der Waals surface area contributed by atoms with E-state index in [1.807, 2.05) is 0 Å². The summed E-state index contributed by atoms with van der Waals surface area (Å²) < 4.78 is 0.363. The molecule has 1 saturated carbocycles. The molecule has 4 rings (SSSR count). The number of carbonyl (C=O) groups is 3. The van der Waals surface area contributed by atoms with E-state index in [9.17, 15) is 39.9 Å². The van der Waals surface area contributed by atoms with Gasteiger partial charge in [0.2, 0.25) is 5.78 Å². The number of halogens is 1. The Morgan fingerprint density at radius 2 is 1.79 bits per heavy atom. The van der Waals surface area contributed by atoms with Crippen molar-refractivity contribution >= 4 is 39.2 Å². The quantitative estimate of drug-likeness (QED) is 0.299. The summed E-state index contributed by atoms with van der Waals surface area (Å²) in [5.41, 5.74) is -0.701. The number of amides is 1. The van der Waals surface area contributed by atoms with Crippen LogP contribution >= 0.6 is 15.9 Å². The van der Waals surface area contributed by atoms with Gasteiger partial charge < -0.3 is 31.3 Å². The van der Waals surface area contributed by atoms with Gasteiger partial charge in [0.1, 0.15) is 22.8 Å². The highest BCUT2D eigenvalue weighted by atomic mass is 79.9. The van der Waals surface area contributed by atoms with Gasteiger partial charge in [-0.25, -0.2) is 0 Å². The Kier molecular flexibility index (Phi) is 5.06. The molecule has 11 heteroatoms. The molecular weight excluding hydrogens is 500 g/mol.